The average molecular weight is 242 g/mol. The molecule has 0 aliphatic heterocycles. The minimum absolute atomic E-state index is 0.0146. The Hall–Kier alpha value is -1.96. The van der Waals surface area contributed by atoms with E-state index in [-0.39, 0.29) is 12.0 Å². The van der Waals surface area contributed by atoms with E-state index in [2.05, 4.69) is 12.6 Å². The lowest BCUT2D eigenvalue weighted by molar-refractivity contribution is -0.422. The molecule has 7 nitrogen and oxygen atoms in total. The van der Waals surface area contributed by atoms with Crippen LogP contribution < -0.4 is 0 Å². The van der Waals surface area contributed by atoms with Crippen LogP contribution in [0.15, 0.2) is 18.2 Å². The number of para-hydroxylation sites is 1. The van der Waals surface area contributed by atoms with Gasteiger partial charge in [-0.25, -0.2) is 0 Å². The third-order valence-corrected chi connectivity index (χ3v) is 1.98. The van der Waals surface area contributed by atoms with Crippen LogP contribution in [0, 0.1) is 20.2 Å². The summed E-state index contributed by atoms with van der Waals surface area (Å²) < 4.78 is 0. The molecule has 1 aromatic carbocycles. The number of carbonyl (C=O) groups is 1. The van der Waals surface area contributed by atoms with Crippen molar-refractivity contribution >= 4 is 29.1 Å². The second-order valence-electron chi connectivity index (χ2n) is 2.87. The van der Waals surface area contributed by atoms with Crippen LogP contribution in [-0.4, -0.2) is 15.0 Å². The van der Waals surface area contributed by atoms with Gasteiger partial charge in [0.05, 0.1) is 9.85 Å². The van der Waals surface area contributed by atoms with Crippen LogP contribution >= 0.6 is 12.6 Å². The van der Waals surface area contributed by atoms with E-state index in [0.29, 0.717) is 0 Å². The van der Waals surface area contributed by atoms with Crippen LogP contribution in [0.25, 0.3) is 0 Å². The SMILES string of the molecule is O=C(S)Cc1cccc([N+](=O)[O-])c1[N+](=O)[O-]. The molecule has 0 N–H and O–H groups in total. The molecule has 0 saturated heterocycles. The molecule has 0 aliphatic rings. The molecule has 0 saturated carbocycles. The summed E-state index contributed by atoms with van der Waals surface area (Å²) in [7, 11) is 0. The van der Waals surface area contributed by atoms with E-state index in [0.717, 1.165) is 6.07 Å². The van der Waals surface area contributed by atoms with Crippen molar-refractivity contribution < 1.29 is 14.6 Å². The van der Waals surface area contributed by atoms with Gasteiger partial charge in [0.2, 0.25) is 0 Å². The minimum Gasteiger partial charge on any atom is -0.287 e. The quantitative estimate of drug-likeness (QED) is 0.489. The first-order valence-electron chi connectivity index (χ1n) is 4.06. The van der Waals surface area contributed by atoms with Gasteiger partial charge in [-0.2, -0.15) is 0 Å². The van der Waals surface area contributed by atoms with Gasteiger partial charge in [0.25, 0.3) is 0 Å². The maximum atomic E-state index is 10.7. The summed E-state index contributed by atoms with van der Waals surface area (Å²) in [4.78, 5) is 30.3. The molecular weight excluding hydrogens is 236 g/mol. The van der Waals surface area contributed by atoms with E-state index in [4.69, 9.17) is 0 Å². The highest BCUT2D eigenvalue weighted by atomic mass is 32.1. The number of nitro groups is 2. The van der Waals surface area contributed by atoms with E-state index in [9.17, 15) is 25.0 Å². The van der Waals surface area contributed by atoms with Gasteiger partial charge in [0, 0.05) is 18.1 Å². The standard InChI is InChI=1S/C8H6N2O5S/c11-7(16)4-5-2-1-3-6(9(12)13)8(5)10(14)15/h1-3H,4H2,(H,11,16). The summed E-state index contributed by atoms with van der Waals surface area (Å²) in [5.41, 5.74) is -1.30. The van der Waals surface area contributed by atoms with Crippen molar-refractivity contribution in [2.75, 3.05) is 0 Å². The fourth-order valence-corrected chi connectivity index (χ4v) is 1.41. The van der Waals surface area contributed by atoms with Crippen molar-refractivity contribution in [2.24, 2.45) is 0 Å². The summed E-state index contributed by atoms with van der Waals surface area (Å²) in [5.74, 6) is 0. The molecule has 0 amide bonds. The van der Waals surface area contributed by atoms with E-state index in [1.54, 1.807) is 0 Å². The van der Waals surface area contributed by atoms with Gasteiger partial charge >= 0.3 is 11.4 Å². The van der Waals surface area contributed by atoms with Crippen LogP contribution in [0.4, 0.5) is 11.4 Å². The summed E-state index contributed by atoms with van der Waals surface area (Å²) in [6.07, 6.45) is -0.318. The minimum atomic E-state index is -0.871. The maximum absolute atomic E-state index is 10.7. The fourth-order valence-electron chi connectivity index (χ4n) is 1.24. The molecule has 0 unspecified atom stereocenters. The normalized spacial score (nSPS) is 9.81. The summed E-state index contributed by atoms with van der Waals surface area (Å²) >= 11 is 3.48. The summed E-state index contributed by atoms with van der Waals surface area (Å²) in [6.45, 7) is 0. The van der Waals surface area contributed by atoms with Crippen LogP contribution in [0.1, 0.15) is 5.56 Å². The van der Waals surface area contributed by atoms with Crippen LogP contribution in [0.5, 0.6) is 0 Å². The number of rotatable bonds is 4. The first kappa shape index (κ1) is 12.1. The first-order valence-corrected chi connectivity index (χ1v) is 4.50. The van der Waals surface area contributed by atoms with Crippen molar-refractivity contribution in [3.8, 4) is 0 Å². The third-order valence-electron chi connectivity index (χ3n) is 1.82. The second-order valence-corrected chi connectivity index (χ2v) is 3.37. The number of carbonyl (C=O) groups excluding carboxylic acids is 1. The predicted octanol–water partition coefficient (Wildman–Crippen LogP) is 1.50. The molecule has 0 fully saturated rings. The number of nitro benzene ring substituents is 2. The monoisotopic (exact) mass is 242 g/mol. The molecule has 0 heterocycles. The van der Waals surface area contributed by atoms with Gasteiger partial charge in [-0.05, 0) is 0 Å². The highest BCUT2D eigenvalue weighted by Gasteiger charge is 2.28. The highest BCUT2D eigenvalue weighted by Crippen LogP contribution is 2.30. The predicted molar refractivity (Wildman–Crippen MR) is 57.4 cm³/mol. The Bertz CT molecular complexity index is 473. The number of nitrogens with zero attached hydrogens (tertiary/aromatic N) is 2. The van der Waals surface area contributed by atoms with E-state index in [1.165, 1.54) is 12.1 Å². The lowest BCUT2D eigenvalue weighted by Crippen LogP contribution is -2.03. The zero-order chi connectivity index (χ0) is 12.3. The van der Waals surface area contributed by atoms with E-state index in [1.807, 2.05) is 0 Å². The summed E-state index contributed by atoms with van der Waals surface area (Å²) in [6, 6.07) is 3.60. The molecule has 84 valence electrons. The third kappa shape index (κ3) is 2.54. The Morgan fingerprint density at radius 2 is 1.88 bits per heavy atom. The smallest absolute Gasteiger partial charge is 0.287 e. The molecule has 0 spiro atoms. The van der Waals surface area contributed by atoms with Crippen molar-refractivity contribution in [3.63, 3.8) is 0 Å². The van der Waals surface area contributed by atoms with Crippen molar-refractivity contribution in [2.45, 2.75) is 6.42 Å². The highest BCUT2D eigenvalue weighted by molar-refractivity contribution is 7.96. The topological polar surface area (TPSA) is 103 Å². The lowest BCUT2D eigenvalue weighted by atomic mass is 10.1. The van der Waals surface area contributed by atoms with E-state index >= 15 is 0 Å². The molecule has 0 aliphatic carbocycles. The maximum Gasteiger partial charge on any atom is 0.349 e. The Morgan fingerprint density at radius 3 is 2.31 bits per heavy atom. The number of benzene rings is 1. The molecule has 0 bridgehead atoms. The van der Waals surface area contributed by atoms with Crippen molar-refractivity contribution in [1.82, 2.24) is 0 Å². The van der Waals surface area contributed by atoms with Gasteiger partial charge in [-0.1, -0.05) is 12.1 Å². The Balaban J connectivity index is 3.38. The number of thiol groups is 1. The van der Waals surface area contributed by atoms with Gasteiger partial charge in [-0.15, -0.1) is 12.6 Å². The van der Waals surface area contributed by atoms with Gasteiger partial charge in [-0.3, -0.25) is 25.0 Å². The molecule has 0 atom stereocenters. The number of hydrogen-bond acceptors (Lipinski definition) is 5. The molecular formula is C8H6N2O5S. The summed E-state index contributed by atoms with van der Waals surface area (Å²) in [5, 5.41) is 20.7. The molecule has 1 rings (SSSR count). The molecule has 0 radical (unpaired) electrons. The van der Waals surface area contributed by atoms with Crippen molar-refractivity contribution in [3.05, 3.63) is 44.0 Å². The average Bonchev–Trinajstić information content (AvgIpc) is 2.15. The molecule has 0 aromatic heterocycles. The Kier molecular flexibility index (Phi) is 3.56. The zero-order valence-corrected chi connectivity index (χ0v) is 8.72. The van der Waals surface area contributed by atoms with Crippen molar-refractivity contribution in [1.29, 1.82) is 0 Å². The Morgan fingerprint density at radius 1 is 1.25 bits per heavy atom. The Labute approximate surface area is 94.8 Å². The fraction of sp³-hybridized carbons (Fsp3) is 0.125. The molecule has 16 heavy (non-hydrogen) atoms. The largest absolute Gasteiger partial charge is 0.349 e. The zero-order valence-electron chi connectivity index (χ0n) is 7.82. The second kappa shape index (κ2) is 4.71. The lowest BCUT2D eigenvalue weighted by Gasteiger charge is -2.00. The first-order chi connectivity index (χ1) is 7.43. The van der Waals surface area contributed by atoms with Gasteiger partial charge in [0.1, 0.15) is 0 Å². The van der Waals surface area contributed by atoms with Crippen LogP contribution in [-0.2, 0) is 11.2 Å². The van der Waals surface area contributed by atoms with Gasteiger partial charge < -0.3 is 0 Å². The number of hydrogen-bond donors (Lipinski definition) is 1. The van der Waals surface area contributed by atoms with E-state index < -0.39 is 26.3 Å². The van der Waals surface area contributed by atoms with Crippen LogP contribution in [0.2, 0.25) is 0 Å². The molecule has 8 heteroatoms. The van der Waals surface area contributed by atoms with Crippen LogP contribution in [0.3, 0.4) is 0 Å². The molecule has 1 aromatic rings. The van der Waals surface area contributed by atoms with Gasteiger partial charge in [0.15, 0.2) is 5.12 Å².